The third-order valence-electron chi connectivity index (χ3n) is 2.94. The molecule has 1 aromatic carbocycles. The minimum atomic E-state index is -3.98. The van der Waals surface area contributed by atoms with E-state index < -0.39 is 16.6 Å². The summed E-state index contributed by atoms with van der Waals surface area (Å²) in [5.41, 5.74) is 1.57. The first-order chi connectivity index (χ1) is 9.76. The van der Waals surface area contributed by atoms with Gasteiger partial charge in [-0.05, 0) is 31.5 Å². The average Bonchev–Trinajstić information content (AvgIpc) is 2.77. The van der Waals surface area contributed by atoms with Crippen LogP contribution in [0.25, 0.3) is 0 Å². The highest BCUT2D eigenvalue weighted by atomic mass is 35.5. The van der Waals surface area contributed by atoms with Gasteiger partial charge in [0.25, 0.3) is 10.0 Å². The van der Waals surface area contributed by atoms with Gasteiger partial charge < -0.3 is 5.11 Å². The Balaban J connectivity index is 2.45. The van der Waals surface area contributed by atoms with Gasteiger partial charge in [0.1, 0.15) is 0 Å². The lowest BCUT2D eigenvalue weighted by Gasteiger charge is -2.10. The Hall–Kier alpha value is -1.28. The molecule has 0 spiro atoms. The predicted molar refractivity (Wildman–Crippen MR) is 81.3 cm³/mol. The molecule has 0 unspecified atom stereocenters. The van der Waals surface area contributed by atoms with Crippen LogP contribution in [0.2, 0.25) is 10.0 Å². The minimum Gasteiger partial charge on any atom is -0.392 e. The smallest absolute Gasteiger partial charge is 0.281 e. The molecule has 114 valence electrons. The zero-order chi connectivity index (χ0) is 15.8. The molecule has 0 radical (unpaired) electrons. The highest BCUT2D eigenvalue weighted by molar-refractivity contribution is 7.92. The predicted octanol–water partition coefficient (Wildman–Crippen LogP) is 2.63. The molecule has 9 heteroatoms. The Labute approximate surface area is 132 Å². The Bertz CT molecular complexity index is 787. The number of anilines is 1. The summed E-state index contributed by atoms with van der Waals surface area (Å²) in [6.45, 7) is 2.93. The number of halogens is 2. The fraction of sp³-hybridized carbons (Fsp3) is 0.250. The quantitative estimate of drug-likeness (QED) is 0.790. The molecule has 21 heavy (non-hydrogen) atoms. The summed E-state index contributed by atoms with van der Waals surface area (Å²) in [7, 11) is -3.98. The van der Waals surface area contributed by atoms with Crippen LogP contribution in [0.5, 0.6) is 0 Å². The highest BCUT2D eigenvalue weighted by Gasteiger charge is 2.24. The van der Waals surface area contributed by atoms with E-state index in [4.69, 9.17) is 23.2 Å². The summed E-state index contributed by atoms with van der Waals surface area (Å²) in [5.74, 6) is 0. The van der Waals surface area contributed by atoms with Crippen LogP contribution in [0, 0.1) is 13.8 Å². The van der Waals surface area contributed by atoms with Crippen LogP contribution in [0.1, 0.15) is 16.8 Å². The van der Waals surface area contributed by atoms with Gasteiger partial charge in [0, 0.05) is 16.3 Å². The van der Waals surface area contributed by atoms with Gasteiger partial charge >= 0.3 is 0 Å². The van der Waals surface area contributed by atoms with Crippen molar-refractivity contribution in [1.82, 2.24) is 10.2 Å². The molecule has 0 aliphatic heterocycles. The molecule has 2 rings (SSSR count). The number of nitrogens with one attached hydrogen (secondary N) is 2. The molecular formula is C12H13Cl2N3O3S. The Morgan fingerprint density at radius 3 is 2.57 bits per heavy atom. The molecule has 0 saturated carbocycles. The van der Waals surface area contributed by atoms with E-state index in [1.165, 1.54) is 6.07 Å². The number of aromatic amines is 1. The first-order valence-corrected chi connectivity index (χ1v) is 8.13. The van der Waals surface area contributed by atoms with Crippen LogP contribution in [0.4, 0.5) is 5.69 Å². The van der Waals surface area contributed by atoms with E-state index in [9.17, 15) is 13.5 Å². The van der Waals surface area contributed by atoms with E-state index >= 15 is 0 Å². The molecule has 1 heterocycles. The van der Waals surface area contributed by atoms with Gasteiger partial charge in [-0.1, -0.05) is 23.2 Å². The number of aliphatic hydroxyl groups excluding tert-OH is 1. The van der Waals surface area contributed by atoms with Gasteiger partial charge in [0.2, 0.25) is 5.03 Å². The van der Waals surface area contributed by atoms with Crippen LogP contribution >= 0.6 is 23.2 Å². The zero-order valence-electron chi connectivity index (χ0n) is 11.2. The van der Waals surface area contributed by atoms with Crippen molar-refractivity contribution in [2.75, 3.05) is 4.72 Å². The molecule has 6 nitrogen and oxygen atoms in total. The molecule has 3 N–H and O–H groups in total. The van der Waals surface area contributed by atoms with E-state index in [0.717, 1.165) is 5.56 Å². The number of hydrogen-bond acceptors (Lipinski definition) is 4. The summed E-state index contributed by atoms with van der Waals surface area (Å²) in [6, 6.07) is 2.99. The average molecular weight is 350 g/mol. The van der Waals surface area contributed by atoms with Crippen molar-refractivity contribution in [3.8, 4) is 0 Å². The van der Waals surface area contributed by atoms with Gasteiger partial charge in [0.05, 0.1) is 17.3 Å². The van der Waals surface area contributed by atoms with Crippen LogP contribution in [-0.2, 0) is 16.6 Å². The van der Waals surface area contributed by atoms with Gasteiger partial charge in [-0.15, -0.1) is 0 Å². The number of nitrogens with zero attached hydrogens (tertiary/aromatic N) is 1. The summed E-state index contributed by atoms with van der Waals surface area (Å²) in [6.07, 6.45) is 0. The van der Waals surface area contributed by atoms with Crippen molar-refractivity contribution in [3.63, 3.8) is 0 Å². The maximum Gasteiger partial charge on any atom is 0.281 e. The van der Waals surface area contributed by atoms with Crippen molar-refractivity contribution < 1.29 is 13.5 Å². The second kappa shape index (κ2) is 5.84. The number of aliphatic hydroxyl groups is 1. The molecule has 0 fully saturated rings. The van der Waals surface area contributed by atoms with E-state index in [2.05, 4.69) is 14.9 Å². The van der Waals surface area contributed by atoms with Crippen LogP contribution in [0.3, 0.4) is 0 Å². The molecule has 0 aliphatic rings. The topological polar surface area (TPSA) is 95.1 Å². The van der Waals surface area contributed by atoms with E-state index in [0.29, 0.717) is 10.7 Å². The van der Waals surface area contributed by atoms with Crippen molar-refractivity contribution in [1.29, 1.82) is 0 Å². The third kappa shape index (κ3) is 3.16. The van der Waals surface area contributed by atoms with Crippen molar-refractivity contribution in [3.05, 3.63) is 39.0 Å². The maximum absolute atomic E-state index is 12.3. The van der Waals surface area contributed by atoms with E-state index in [1.54, 1.807) is 19.9 Å². The summed E-state index contributed by atoms with van der Waals surface area (Å²) in [4.78, 5) is 0. The first kappa shape index (κ1) is 16.1. The molecule has 1 aromatic heterocycles. The van der Waals surface area contributed by atoms with Crippen molar-refractivity contribution >= 4 is 38.9 Å². The Kier molecular flexibility index (Phi) is 4.48. The summed E-state index contributed by atoms with van der Waals surface area (Å²) in [5, 5.41) is 15.8. The SMILES string of the molecule is Cc1cc(Cl)c(NS(=O)(=O)c2n[nH]c(C)c2CO)cc1Cl. The largest absolute Gasteiger partial charge is 0.392 e. The van der Waals surface area contributed by atoms with Crippen LogP contribution in [0.15, 0.2) is 17.2 Å². The van der Waals surface area contributed by atoms with E-state index in [1.807, 2.05) is 0 Å². The van der Waals surface area contributed by atoms with Crippen molar-refractivity contribution in [2.45, 2.75) is 25.5 Å². The number of aromatic nitrogens is 2. The number of hydrogen-bond donors (Lipinski definition) is 3. The van der Waals surface area contributed by atoms with Crippen LogP contribution < -0.4 is 4.72 Å². The van der Waals surface area contributed by atoms with Crippen molar-refractivity contribution in [2.24, 2.45) is 0 Å². The molecule has 0 saturated heterocycles. The lowest BCUT2D eigenvalue weighted by Crippen LogP contribution is -2.15. The summed E-state index contributed by atoms with van der Waals surface area (Å²) < 4.78 is 27.0. The molecule has 0 bridgehead atoms. The fourth-order valence-corrected chi connectivity index (χ4v) is 3.50. The van der Waals surface area contributed by atoms with Crippen LogP contribution in [-0.4, -0.2) is 23.7 Å². The molecule has 0 amide bonds. The van der Waals surface area contributed by atoms with E-state index in [-0.39, 0.29) is 21.3 Å². The number of benzene rings is 1. The van der Waals surface area contributed by atoms with Gasteiger partial charge in [0.15, 0.2) is 0 Å². The highest BCUT2D eigenvalue weighted by Crippen LogP contribution is 2.30. The van der Waals surface area contributed by atoms with Gasteiger partial charge in [-0.2, -0.15) is 13.5 Å². The number of sulfonamides is 1. The fourth-order valence-electron chi connectivity index (χ4n) is 1.76. The summed E-state index contributed by atoms with van der Waals surface area (Å²) >= 11 is 12.0. The number of rotatable bonds is 4. The lowest BCUT2D eigenvalue weighted by atomic mass is 10.2. The second-order valence-electron chi connectivity index (χ2n) is 4.48. The van der Waals surface area contributed by atoms with Gasteiger partial charge in [-0.3, -0.25) is 9.82 Å². The standard InChI is InChI=1S/C12H13Cl2N3O3S/c1-6-3-10(14)11(4-9(6)13)17-21(19,20)12-8(5-18)7(2)15-16-12/h3-4,17-18H,5H2,1-2H3,(H,15,16). The minimum absolute atomic E-state index is 0.150. The molecular weight excluding hydrogens is 337 g/mol. The van der Waals surface area contributed by atoms with Gasteiger partial charge in [-0.25, -0.2) is 0 Å². The normalized spacial score (nSPS) is 11.7. The molecule has 0 atom stereocenters. The molecule has 2 aromatic rings. The number of H-pyrrole nitrogens is 1. The zero-order valence-corrected chi connectivity index (χ0v) is 13.6. The molecule has 0 aliphatic carbocycles. The number of aryl methyl sites for hydroxylation is 2. The maximum atomic E-state index is 12.3. The lowest BCUT2D eigenvalue weighted by molar-refractivity contribution is 0.277. The first-order valence-electron chi connectivity index (χ1n) is 5.89. The third-order valence-corrected chi connectivity index (χ3v) is 5.00. The Morgan fingerprint density at radius 1 is 1.29 bits per heavy atom. The monoisotopic (exact) mass is 349 g/mol. The Morgan fingerprint density at radius 2 is 1.95 bits per heavy atom. The second-order valence-corrected chi connectivity index (χ2v) is 6.89.